The van der Waals surface area contributed by atoms with E-state index in [0.29, 0.717) is 5.56 Å². The largest absolute Gasteiger partial charge is 0.338 e. The summed E-state index contributed by atoms with van der Waals surface area (Å²) < 4.78 is 2.07. The SMILES string of the molecule is Cn1c([C@H](NC(=O)c2ccc3c(c2)CCC3)c2ccccc2)nc2ccccc21. The van der Waals surface area contributed by atoms with Crippen molar-refractivity contribution < 1.29 is 4.79 Å². The fourth-order valence-corrected chi connectivity index (χ4v) is 4.29. The highest BCUT2D eigenvalue weighted by Gasteiger charge is 2.24. The lowest BCUT2D eigenvalue weighted by Gasteiger charge is -2.19. The van der Waals surface area contributed by atoms with Crippen LogP contribution >= 0.6 is 0 Å². The Balaban J connectivity index is 1.54. The summed E-state index contributed by atoms with van der Waals surface area (Å²) in [6.07, 6.45) is 3.35. The number of imidazole rings is 1. The highest BCUT2D eigenvalue weighted by Crippen LogP contribution is 2.27. The number of nitrogens with one attached hydrogen (secondary N) is 1. The maximum Gasteiger partial charge on any atom is 0.252 e. The Morgan fingerprint density at radius 1 is 0.966 bits per heavy atom. The summed E-state index contributed by atoms with van der Waals surface area (Å²) in [5.74, 6) is 0.757. The maximum atomic E-state index is 13.2. The Labute approximate surface area is 170 Å². The molecule has 1 aliphatic rings. The van der Waals surface area contributed by atoms with E-state index in [-0.39, 0.29) is 11.9 Å². The maximum absolute atomic E-state index is 13.2. The molecule has 1 N–H and O–H groups in total. The molecule has 0 aliphatic heterocycles. The van der Waals surface area contributed by atoms with Gasteiger partial charge < -0.3 is 9.88 Å². The van der Waals surface area contributed by atoms with Gasteiger partial charge in [0.25, 0.3) is 5.91 Å². The van der Waals surface area contributed by atoms with E-state index in [1.54, 1.807) is 0 Å². The Morgan fingerprint density at radius 2 is 1.72 bits per heavy atom. The molecule has 0 spiro atoms. The van der Waals surface area contributed by atoms with E-state index in [4.69, 9.17) is 4.98 Å². The molecule has 0 radical (unpaired) electrons. The minimum absolute atomic E-state index is 0.0689. The molecule has 4 heteroatoms. The lowest BCUT2D eigenvalue weighted by atomic mass is 10.0. The monoisotopic (exact) mass is 381 g/mol. The van der Waals surface area contributed by atoms with E-state index in [1.807, 2.05) is 61.6 Å². The van der Waals surface area contributed by atoms with Crippen molar-refractivity contribution in [2.75, 3.05) is 0 Å². The first-order chi connectivity index (χ1) is 14.2. The summed E-state index contributed by atoms with van der Waals surface area (Å²) in [7, 11) is 2.00. The lowest BCUT2D eigenvalue weighted by molar-refractivity contribution is 0.0941. The zero-order valence-corrected chi connectivity index (χ0v) is 16.4. The number of aromatic nitrogens is 2. The molecule has 0 unspecified atom stereocenters. The smallest absolute Gasteiger partial charge is 0.252 e. The average Bonchev–Trinajstić information content (AvgIpc) is 3.36. The third-order valence-electron chi connectivity index (χ3n) is 5.85. The summed E-state index contributed by atoms with van der Waals surface area (Å²) in [5, 5.41) is 3.24. The second kappa shape index (κ2) is 7.21. The number of fused-ring (bicyclic) bond motifs is 2. The third-order valence-corrected chi connectivity index (χ3v) is 5.85. The molecule has 1 aromatic heterocycles. The zero-order valence-electron chi connectivity index (χ0n) is 16.4. The minimum Gasteiger partial charge on any atom is -0.338 e. The Kier molecular flexibility index (Phi) is 4.39. The molecule has 1 heterocycles. The van der Waals surface area contributed by atoms with Gasteiger partial charge in [0.15, 0.2) is 0 Å². The quantitative estimate of drug-likeness (QED) is 0.562. The van der Waals surface area contributed by atoms with Gasteiger partial charge in [0.05, 0.1) is 11.0 Å². The Hall–Kier alpha value is -3.40. The van der Waals surface area contributed by atoms with E-state index >= 15 is 0 Å². The normalized spacial score (nSPS) is 14.0. The first-order valence-electron chi connectivity index (χ1n) is 10.1. The van der Waals surface area contributed by atoms with Gasteiger partial charge in [-0.1, -0.05) is 48.5 Å². The molecule has 4 nitrogen and oxygen atoms in total. The predicted octanol–water partition coefficient (Wildman–Crippen LogP) is 4.58. The summed E-state index contributed by atoms with van der Waals surface area (Å²) in [6, 6.07) is 23.9. The van der Waals surface area contributed by atoms with Crippen LogP contribution in [0.25, 0.3) is 11.0 Å². The third kappa shape index (κ3) is 3.21. The number of nitrogens with zero attached hydrogens (tertiary/aromatic N) is 2. The van der Waals surface area contributed by atoms with E-state index in [2.05, 4.69) is 28.1 Å². The van der Waals surface area contributed by atoms with Gasteiger partial charge in [-0.3, -0.25) is 4.79 Å². The number of para-hydroxylation sites is 2. The summed E-state index contributed by atoms with van der Waals surface area (Å²) in [6.45, 7) is 0. The fraction of sp³-hybridized carbons (Fsp3) is 0.200. The number of hydrogen-bond acceptors (Lipinski definition) is 2. The Bertz CT molecular complexity index is 1190. The molecule has 5 rings (SSSR count). The molecule has 1 atom stereocenters. The van der Waals surface area contributed by atoms with E-state index in [9.17, 15) is 4.79 Å². The van der Waals surface area contributed by atoms with Crippen molar-refractivity contribution in [2.24, 2.45) is 7.05 Å². The van der Waals surface area contributed by atoms with Crippen LogP contribution in [0, 0.1) is 0 Å². The number of rotatable bonds is 4. The van der Waals surface area contributed by atoms with Crippen LogP contribution in [0.2, 0.25) is 0 Å². The van der Waals surface area contributed by atoms with Crippen LogP contribution in [-0.4, -0.2) is 15.5 Å². The van der Waals surface area contributed by atoms with Gasteiger partial charge in [0.1, 0.15) is 11.9 Å². The molecule has 0 saturated carbocycles. The van der Waals surface area contributed by atoms with E-state index in [0.717, 1.165) is 35.3 Å². The van der Waals surface area contributed by atoms with Crippen LogP contribution in [0.15, 0.2) is 72.8 Å². The van der Waals surface area contributed by atoms with Crippen LogP contribution in [0.3, 0.4) is 0 Å². The van der Waals surface area contributed by atoms with E-state index in [1.165, 1.54) is 17.5 Å². The topological polar surface area (TPSA) is 46.9 Å². The molecular weight excluding hydrogens is 358 g/mol. The number of carbonyl (C=O) groups is 1. The highest BCUT2D eigenvalue weighted by atomic mass is 16.1. The van der Waals surface area contributed by atoms with Crippen LogP contribution in [-0.2, 0) is 19.9 Å². The van der Waals surface area contributed by atoms with Crippen molar-refractivity contribution in [1.82, 2.24) is 14.9 Å². The van der Waals surface area contributed by atoms with Crippen molar-refractivity contribution in [2.45, 2.75) is 25.3 Å². The summed E-state index contributed by atoms with van der Waals surface area (Å²) >= 11 is 0. The van der Waals surface area contributed by atoms with Gasteiger partial charge in [0, 0.05) is 12.6 Å². The second-order valence-electron chi connectivity index (χ2n) is 7.67. The summed E-state index contributed by atoms with van der Waals surface area (Å²) in [4.78, 5) is 18.0. The number of carbonyl (C=O) groups excluding carboxylic acids is 1. The molecule has 1 amide bonds. The van der Waals surface area contributed by atoms with Crippen LogP contribution in [0.1, 0.15) is 45.3 Å². The van der Waals surface area contributed by atoms with Crippen molar-refractivity contribution in [3.05, 3.63) is 101 Å². The van der Waals surface area contributed by atoms with Crippen molar-refractivity contribution >= 4 is 16.9 Å². The van der Waals surface area contributed by atoms with Crippen LogP contribution < -0.4 is 5.32 Å². The molecule has 0 bridgehead atoms. The van der Waals surface area contributed by atoms with E-state index < -0.39 is 0 Å². The van der Waals surface area contributed by atoms with Gasteiger partial charge in [0.2, 0.25) is 0 Å². The molecule has 0 saturated heterocycles. The zero-order chi connectivity index (χ0) is 19.8. The van der Waals surface area contributed by atoms with Crippen molar-refractivity contribution in [3.63, 3.8) is 0 Å². The second-order valence-corrected chi connectivity index (χ2v) is 7.67. The molecule has 144 valence electrons. The minimum atomic E-state index is -0.325. The standard InChI is InChI=1S/C25H23N3O/c1-28-22-13-6-5-12-21(22)26-24(28)23(18-8-3-2-4-9-18)27-25(29)20-15-14-17-10-7-11-19(17)16-20/h2-6,8-9,12-16,23H,7,10-11H2,1H3,(H,27,29)/t23-/m1/s1. The van der Waals surface area contributed by atoms with Crippen molar-refractivity contribution in [1.29, 1.82) is 0 Å². The molecular formula is C25H23N3O. The lowest BCUT2D eigenvalue weighted by Crippen LogP contribution is -2.31. The number of aryl methyl sites for hydroxylation is 3. The highest BCUT2D eigenvalue weighted by molar-refractivity contribution is 5.95. The average molecular weight is 381 g/mol. The molecule has 1 aliphatic carbocycles. The van der Waals surface area contributed by atoms with Gasteiger partial charge in [-0.2, -0.15) is 0 Å². The van der Waals surface area contributed by atoms with Gasteiger partial charge >= 0.3 is 0 Å². The molecule has 3 aromatic carbocycles. The molecule has 4 aromatic rings. The van der Waals surface area contributed by atoms with Gasteiger partial charge in [-0.15, -0.1) is 0 Å². The first-order valence-corrected chi connectivity index (χ1v) is 10.1. The van der Waals surface area contributed by atoms with Crippen molar-refractivity contribution in [3.8, 4) is 0 Å². The van der Waals surface area contributed by atoms with Crippen LogP contribution in [0.4, 0.5) is 0 Å². The van der Waals surface area contributed by atoms with Gasteiger partial charge in [-0.05, 0) is 60.2 Å². The molecule has 0 fully saturated rings. The van der Waals surface area contributed by atoms with Crippen LogP contribution in [0.5, 0.6) is 0 Å². The fourth-order valence-electron chi connectivity index (χ4n) is 4.29. The molecule has 29 heavy (non-hydrogen) atoms. The number of amides is 1. The number of benzene rings is 3. The number of hydrogen-bond donors (Lipinski definition) is 1. The van der Waals surface area contributed by atoms with Gasteiger partial charge in [-0.25, -0.2) is 4.98 Å². The Morgan fingerprint density at radius 3 is 2.55 bits per heavy atom. The summed E-state index contributed by atoms with van der Waals surface area (Å²) in [5.41, 5.74) is 6.38. The first kappa shape index (κ1) is 17.7. The predicted molar refractivity (Wildman–Crippen MR) is 115 cm³/mol.